The molecular formula is C26H26N2O6S. The number of sulfonamides is 1. The van der Waals surface area contributed by atoms with Gasteiger partial charge in [0.05, 0.1) is 17.1 Å². The first-order valence-electron chi connectivity index (χ1n) is 11.2. The van der Waals surface area contributed by atoms with Crippen LogP contribution in [0.3, 0.4) is 0 Å². The molecule has 3 aromatic carbocycles. The number of fused-ring (bicyclic) bond motifs is 2. The number of amides is 1. The largest absolute Gasteiger partial charge is 0.476 e. The van der Waals surface area contributed by atoms with E-state index < -0.39 is 22.0 Å². The number of nitrogens with one attached hydrogen (secondary N) is 1. The molecule has 0 spiro atoms. The van der Waals surface area contributed by atoms with Crippen LogP contribution in [0, 0.1) is 0 Å². The number of rotatable bonds is 4. The van der Waals surface area contributed by atoms with Crippen LogP contribution in [0.4, 0.5) is 11.4 Å². The van der Waals surface area contributed by atoms with Crippen LogP contribution < -0.4 is 23.8 Å². The van der Waals surface area contributed by atoms with Gasteiger partial charge in [0, 0.05) is 11.8 Å². The Morgan fingerprint density at radius 2 is 1.66 bits per heavy atom. The molecule has 182 valence electrons. The zero-order chi connectivity index (χ0) is 24.8. The summed E-state index contributed by atoms with van der Waals surface area (Å²) in [5, 5.41) is 2.80. The van der Waals surface area contributed by atoms with Gasteiger partial charge < -0.3 is 19.5 Å². The number of anilines is 2. The summed E-state index contributed by atoms with van der Waals surface area (Å²) in [4.78, 5) is 13.3. The summed E-state index contributed by atoms with van der Waals surface area (Å²) in [5.74, 6) is 0.985. The van der Waals surface area contributed by atoms with E-state index in [-0.39, 0.29) is 23.6 Å². The van der Waals surface area contributed by atoms with Crippen molar-refractivity contribution in [2.75, 3.05) is 23.0 Å². The second-order valence-corrected chi connectivity index (χ2v) is 11.3. The van der Waals surface area contributed by atoms with Crippen molar-refractivity contribution in [3.63, 3.8) is 0 Å². The van der Waals surface area contributed by atoms with Crippen LogP contribution in [0.25, 0.3) is 0 Å². The summed E-state index contributed by atoms with van der Waals surface area (Å²) in [5.41, 5.74) is 1.66. The lowest BCUT2D eigenvalue weighted by Crippen LogP contribution is -2.49. The van der Waals surface area contributed by atoms with E-state index in [4.69, 9.17) is 14.2 Å². The molecule has 35 heavy (non-hydrogen) atoms. The lowest BCUT2D eigenvalue weighted by Gasteiger charge is -2.36. The Morgan fingerprint density at radius 3 is 2.40 bits per heavy atom. The van der Waals surface area contributed by atoms with Gasteiger partial charge in [-0.25, -0.2) is 8.42 Å². The standard InChI is InChI=1S/C26H26N2O6S/c1-26(2,3)17-9-11-21-20(13-17)28(35(30,31)19-7-5-4-6-8-19)15-24(34-21)25(29)27-18-10-12-22-23(14-18)33-16-32-22/h4-14,24H,15-16H2,1-3H3,(H,27,29)/t24-/m1/s1. The third-order valence-corrected chi connectivity index (χ3v) is 7.75. The molecule has 9 heteroatoms. The highest BCUT2D eigenvalue weighted by Gasteiger charge is 2.38. The van der Waals surface area contributed by atoms with Crippen LogP contribution in [-0.4, -0.2) is 33.8 Å². The number of hydrogen-bond acceptors (Lipinski definition) is 6. The summed E-state index contributed by atoms with van der Waals surface area (Å²) in [6.07, 6.45) is -1.06. The van der Waals surface area contributed by atoms with E-state index >= 15 is 0 Å². The minimum atomic E-state index is -3.95. The van der Waals surface area contributed by atoms with E-state index in [1.54, 1.807) is 54.6 Å². The highest BCUT2D eigenvalue weighted by molar-refractivity contribution is 7.92. The Morgan fingerprint density at radius 1 is 0.943 bits per heavy atom. The maximum Gasteiger partial charge on any atom is 0.267 e. The predicted octanol–water partition coefficient (Wildman–Crippen LogP) is 4.31. The zero-order valence-electron chi connectivity index (χ0n) is 19.6. The molecular weight excluding hydrogens is 468 g/mol. The highest BCUT2D eigenvalue weighted by atomic mass is 32.2. The van der Waals surface area contributed by atoms with Crippen LogP contribution >= 0.6 is 0 Å². The molecule has 0 bridgehead atoms. The van der Waals surface area contributed by atoms with Gasteiger partial charge in [0.2, 0.25) is 6.79 Å². The van der Waals surface area contributed by atoms with Crippen molar-refractivity contribution >= 4 is 27.3 Å². The first kappa shape index (κ1) is 23.0. The van der Waals surface area contributed by atoms with Gasteiger partial charge in [-0.05, 0) is 47.4 Å². The zero-order valence-corrected chi connectivity index (χ0v) is 20.5. The monoisotopic (exact) mass is 494 g/mol. The molecule has 0 fully saturated rings. The van der Waals surface area contributed by atoms with E-state index in [1.807, 2.05) is 12.1 Å². The Balaban J connectivity index is 1.50. The summed E-state index contributed by atoms with van der Waals surface area (Å²) >= 11 is 0. The molecule has 0 saturated carbocycles. The molecule has 3 aromatic rings. The van der Waals surface area contributed by atoms with Gasteiger partial charge in [-0.2, -0.15) is 0 Å². The predicted molar refractivity (Wildman–Crippen MR) is 132 cm³/mol. The number of benzene rings is 3. The quantitative estimate of drug-likeness (QED) is 0.581. The molecule has 0 aliphatic carbocycles. The Kier molecular flexibility index (Phi) is 5.59. The van der Waals surface area contributed by atoms with Crippen LogP contribution in [0.1, 0.15) is 26.3 Å². The van der Waals surface area contributed by atoms with Crippen LogP contribution in [0.2, 0.25) is 0 Å². The average molecular weight is 495 g/mol. The van der Waals surface area contributed by atoms with Gasteiger partial charge in [-0.1, -0.05) is 45.0 Å². The Hall–Kier alpha value is -3.72. The molecule has 2 aliphatic rings. The normalized spacial score (nSPS) is 16.9. The second kappa shape index (κ2) is 8.49. The maximum absolute atomic E-state index is 13.7. The minimum absolute atomic E-state index is 0.123. The van der Waals surface area contributed by atoms with Crippen LogP contribution in [0.15, 0.2) is 71.6 Å². The molecule has 0 unspecified atom stereocenters. The minimum Gasteiger partial charge on any atom is -0.476 e. The SMILES string of the molecule is CC(C)(C)c1ccc2c(c1)N(S(=O)(=O)c1ccccc1)C[C@H](C(=O)Nc1ccc3c(c1)OCO3)O2. The Labute approximate surface area is 204 Å². The van der Waals surface area contributed by atoms with Gasteiger partial charge in [0.25, 0.3) is 15.9 Å². The fraction of sp³-hybridized carbons (Fsp3) is 0.269. The molecule has 2 aliphatic heterocycles. The van der Waals surface area contributed by atoms with E-state index in [0.29, 0.717) is 28.6 Å². The summed E-state index contributed by atoms with van der Waals surface area (Å²) in [6, 6.07) is 18.7. The van der Waals surface area contributed by atoms with E-state index in [9.17, 15) is 13.2 Å². The van der Waals surface area contributed by atoms with Crippen LogP contribution in [-0.2, 0) is 20.2 Å². The van der Waals surface area contributed by atoms with Crippen molar-refractivity contribution < 1.29 is 27.4 Å². The van der Waals surface area contributed by atoms with Gasteiger partial charge >= 0.3 is 0 Å². The molecule has 0 saturated heterocycles. The van der Waals surface area contributed by atoms with Crippen molar-refractivity contribution in [3.8, 4) is 17.2 Å². The lowest BCUT2D eigenvalue weighted by atomic mass is 9.86. The van der Waals surface area contributed by atoms with Crippen molar-refractivity contribution in [2.24, 2.45) is 0 Å². The van der Waals surface area contributed by atoms with Gasteiger partial charge in [-0.3, -0.25) is 9.10 Å². The highest BCUT2D eigenvalue weighted by Crippen LogP contribution is 2.40. The van der Waals surface area contributed by atoms with Gasteiger partial charge in [-0.15, -0.1) is 0 Å². The molecule has 1 N–H and O–H groups in total. The maximum atomic E-state index is 13.7. The van der Waals surface area contributed by atoms with E-state index in [1.165, 1.54) is 4.31 Å². The fourth-order valence-electron chi connectivity index (χ4n) is 4.00. The summed E-state index contributed by atoms with van der Waals surface area (Å²) < 4.78 is 45.3. The second-order valence-electron chi connectivity index (χ2n) is 9.45. The summed E-state index contributed by atoms with van der Waals surface area (Å²) in [6.45, 7) is 6.11. The number of carbonyl (C=O) groups excluding carboxylic acids is 1. The van der Waals surface area contributed by atoms with Gasteiger partial charge in [0.1, 0.15) is 5.75 Å². The smallest absolute Gasteiger partial charge is 0.267 e. The van der Waals surface area contributed by atoms with Crippen molar-refractivity contribution in [1.82, 2.24) is 0 Å². The number of ether oxygens (including phenoxy) is 3. The molecule has 8 nitrogen and oxygen atoms in total. The number of nitrogens with zero attached hydrogens (tertiary/aromatic N) is 1. The molecule has 1 amide bonds. The first-order valence-corrected chi connectivity index (χ1v) is 12.7. The van der Waals surface area contributed by atoms with Crippen molar-refractivity contribution in [1.29, 1.82) is 0 Å². The average Bonchev–Trinajstić information content (AvgIpc) is 3.31. The number of hydrogen-bond donors (Lipinski definition) is 1. The van der Waals surface area contributed by atoms with Crippen molar-refractivity contribution in [3.05, 3.63) is 72.3 Å². The summed E-state index contributed by atoms with van der Waals surface area (Å²) in [7, 11) is -3.95. The Bertz CT molecular complexity index is 1380. The van der Waals surface area contributed by atoms with Crippen LogP contribution in [0.5, 0.6) is 17.2 Å². The van der Waals surface area contributed by atoms with Crippen molar-refractivity contribution in [2.45, 2.75) is 37.2 Å². The lowest BCUT2D eigenvalue weighted by molar-refractivity contribution is -0.122. The van der Waals surface area contributed by atoms with Gasteiger partial charge in [0.15, 0.2) is 17.6 Å². The third kappa shape index (κ3) is 4.39. The molecule has 5 rings (SSSR count). The van der Waals surface area contributed by atoms with E-state index in [2.05, 4.69) is 26.1 Å². The first-order chi connectivity index (χ1) is 16.6. The fourth-order valence-corrected chi connectivity index (χ4v) is 5.49. The van der Waals surface area contributed by atoms with E-state index in [0.717, 1.165) is 5.56 Å². The molecule has 1 atom stereocenters. The topological polar surface area (TPSA) is 94.2 Å². The molecule has 2 heterocycles. The number of carbonyl (C=O) groups is 1. The third-order valence-electron chi connectivity index (χ3n) is 5.96. The molecule has 0 aromatic heterocycles. The molecule has 0 radical (unpaired) electrons.